The van der Waals surface area contributed by atoms with Crippen LogP contribution in [0.4, 0.5) is 0 Å². The highest BCUT2D eigenvalue weighted by Crippen LogP contribution is 2.39. The van der Waals surface area contributed by atoms with Crippen LogP contribution in [0.5, 0.6) is 11.5 Å². The first kappa shape index (κ1) is 16.1. The number of hydrogen-bond acceptors (Lipinski definition) is 6. The van der Waals surface area contributed by atoms with Gasteiger partial charge in [-0.25, -0.2) is 0 Å². The molecular weight excluding hydrogens is 332 g/mol. The van der Waals surface area contributed by atoms with E-state index in [1.807, 2.05) is 12.1 Å². The highest BCUT2D eigenvalue weighted by atomic mass is 16.6. The van der Waals surface area contributed by atoms with Crippen molar-refractivity contribution in [1.29, 1.82) is 0 Å². The zero-order valence-corrected chi connectivity index (χ0v) is 15.1. The summed E-state index contributed by atoms with van der Waals surface area (Å²) in [6, 6.07) is 6.36. The van der Waals surface area contributed by atoms with E-state index in [1.165, 1.54) is 0 Å². The molecule has 0 amide bonds. The van der Waals surface area contributed by atoms with E-state index in [0.717, 1.165) is 67.6 Å². The molecule has 0 saturated carbocycles. The second-order valence-electron chi connectivity index (χ2n) is 7.21. The number of rotatable bonds is 4. The van der Waals surface area contributed by atoms with E-state index >= 15 is 0 Å². The standard InChI is InChI=1S/C19H24N4O3/c1-24-14-10-15(19-21-20-17-6-3-7-23(17)19)22(12-14)11-13-4-2-5-16-18(13)26-9-8-25-16/h2,4-5,14-15H,3,6-12H2,1H3/t14-,15+/m1/s1. The number of aryl methyl sites for hydroxylation is 1. The highest BCUT2D eigenvalue weighted by Gasteiger charge is 2.38. The van der Waals surface area contributed by atoms with Crippen molar-refractivity contribution >= 4 is 0 Å². The summed E-state index contributed by atoms with van der Waals surface area (Å²) in [6.07, 6.45) is 3.35. The van der Waals surface area contributed by atoms with Crippen LogP contribution in [-0.4, -0.2) is 52.6 Å². The molecule has 0 spiro atoms. The summed E-state index contributed by atoms with van der Waals surface area (Å²) < 4.78 is 19.6. The van der Waals surface area contributed by atoms with E-state index in [-0.39, 0.29) is 12.1 Å². The zero-order valence-electron chi connectivity index (χ0n) is 15.1. The van der Waals surface area contributed by atoms with Crippen LogP contribution >= 0.6 is 0 Å². The van der Waals surface area contributed by atoms with Crippen LogP contribution in [-0.2, 0) is 24.2 Å². The summed E-state index contributed by atoms with van der Waals surface area (Å²) in [5.74, 6) is 3.93. The number of nitrogens with zero attached hydrogens (tertiary/aromatic N) is 4. The van der Waals surface area contributed by atoms with Gasteiger partial charge in [0, 0.05) is 38.7 Å². The predicted molar refractivity (Wildman–Crippen MR) is 94.3 cm³/mol. The SMILES string of the molecule is CO[C@@H]1C[C@@H](c2nnc3n2CCC3)N(Cc2cccc3c2OCCO3)C1. The first-order valence-electron chi connectivity index (χ1n) is 9.40. The van der Waals surface area contributed by atoms with Gasteiger partial charge in [0.25, 0.3) is 0 Å². The van der Waals surface area contributed by atoms with Crippen LogP contribution in [0.1, 0.15) is 36.1 Å². The molecule has 26 heavy (non-hydrogen) atoms. The number of ether oxygens (including phenoxy) is 3. The van der Waals surface area contributed by atoms with E-state index in [9.17, 15) is 0 Å². The molecule has 1 aromatic heterocycles. The Morgan fingerprint density at radius 1 is 1.23 bits per heavy atom. The Labute approximate surface area is 152 Å². The van der Waals surface area contributed by atoms with Gasteiger partial charge in [0.1, 0.15) is 19.0 Å². The fourth-order valence-corrected chi connectivity index (χ4v) is 4.37. The van der Waals surface area contributed by atoms with Gasteiger partial charge in [0.2, 0.25) is 0 Å². The fourth-order valence-electron chi connectivity index (χ4n) is 4.37. The normalized spacial score (nSPS) is 24.8. The van der Waals surface area contributed by atoms with Crippen molar-refractivity contribution in [3.63, 3.8) is 0 Å². The van der Waals surface area contributed by atoms with Crippen molar-refractivity contribution in [1.82, 2.24) is 19.7 Å². The monoisotopic (exact) mass is 356 g/mol. The lowest BCUT2D eigenvalue weighted by Crippen LogP contribution is -2.27. The lowest BCUT2D eigenvalue weighted by Gasteiger charge is -2.26. The third-order valence-corrected chi connectivity index (χ3v) is 5.66. The third-order valence-electron chi connectivity index (χ3n) is 5.66. The second kappa shape index (κ2) is 6.55. The Morgan fingerprint density at radius 2 is 2.15 bits per heavy atom. The van der Waals surface area contributed by atoms with Crippen LogP contribution in [0.3, 0.4) is 0 Å². The molecule has 7 nitrogen and oxygen atoms in total. The number of methoxy groups -OCH3 is 1. The Morgan fingerprint density at radius 3 is 3.08 bits per heavy atom. The van der Waals surface area contributed by atoms with Crippen molar-refractivity contribution < 1.29 is 14.2 Å². The Kier molecular flexibility index (Phi) is 4.05. The minimum Gasteiger partial charge on any atom is -0.486 e. The average Bonchev–Trinajstić information content (AvgIpc) is 3.37. The Hall–Kier alpha value is -2.12. The fraction of sp³-hybridized carbons (Fsp3) is 0.579. The molecule has 1 aromatic carbocycles. The van der Waals surface area contributed by atoms with Gasteiger partial charge in [0.15, 0.2) is 17.3 Å². The van der Waals surface area contributed by atoms with Crippen molar-refractivity contribution in [3.05, 3.63) is 35.4 Å². The molecule has 1 saturated heterocycles. The zero-order chi connectivity index (χ0) is 17.5. The Balaban J connectivity index is 1.45. The topological polar surface area (TPSA) is 61.6 Å². The number of benzene rings is 1. The van der Waals surface area contributed by atoms with Gasteiger partial charge in [-0.05, 0) is 18.9 Å². The van der Waals surface area contributed by atoms with Crippen LogP contribution in [0.25, 0.3) is 0 Å². The molecule has 7 heteroatoms. The Bertz CT molecular complexity index is 806. The first-order valence-corrected chi connectivity index (χ1v) is 9.40. The summed E-state index contributed by atoms with van der Waals surface area (Å²) in [5, 5.41) is 8.93. The summed E-state index contributed by atoms with van der Waals surface area (Å²) in [6.45, 7) is 3.91. The molecule has 0 aliphatic carbocycles. The number of aromatic nitrogens is 3. The van der Waals surface area contributed by atoms with Gasteiger partial charge >= 0.3 is 0 Å². The molecule has 2 aromatic rings. The average molecular weight is 356 g/mol. The van der Waals surface area contributed by atoms with Gasteiger partial charge in [-0.2, -0.15) is 0 Å². The van der Waals surface area contributed by atoms with E-state index < -0.39 is 0 Å². The van der Waals surface area contributed by atoms with Crippen molar-refractivity contribution in [2.24, 2.45) is 0 Å². The summed E-state index contributed by atoms with van der Waals surface area (Å²) in [4.78, 5) is 2.44. The molecule has 1 fully saturated rings. The molecule has 0 radical (unpaired) electrons. The summed E-state index contributed by atoms with van der Waals surface area (Å²) in [5.41, 5.74) is 1.16. The van der Waals surface area contributed by atoms with Crippen LogP contribution in [0.2, 0.25) is 0 Å². The molecule has 0 unspecified atom stereocenters. The molecule has 3 aliphatic rings. The van der Waals surface area contributed by atoms with E-state index in [4.69, 9.17) is 14.2 Å². The molecule has 3 aliphatic heterocycles. The lowest BCUT2D eigenvalue weighted by atomic mass is 10.1. The lowest BCUT2D eigenvalue weighted by molar-refractivity contribution is 0.106. The van der Waals surface area contributed by atoms with E-state index in [1.54, 1.807) is 7.11 Å². The second-order valence-corrected chi connectivity index (χ2v) is 7.21. The molecule has 0 bridgehead atoms. The van der Waals surface area contributed by atoms with Crippen LogP contribution in [0, 0.1) is 0 Å². The first-order chi connectivity index (χ1) is 12.8. The van der Waals surface area contributed by atoms with E-state index in [2.05, 4.69) is 25.7 Å². The molecule has 2 atom stereocenters. The predicted octanol–water partition coefficient (Wildman–Crippen LogP) is 1.96. The largest absolute Gasteiger partial charge is 0.486 e. The molecule has 138 valence electrons. The number of likely N-dealkylation sites (tertiary alicyclic amines) is 1. The smallest absolute Gasteiger partial charge is 0.165 e. The number of hydrogen-bond donors (Lipinski definition) is 0. The molecule has 0 N–H and O–H groups in total. The highest BCUT2D eigenvalue weighted by molar-refractivity contribution is 5.47. The third kappa shape index (κ3) is 2.66. The van der Waals surface area contributed by atoms with Crippen molar-refractivity contribution in [2.75, 3.05) is 26.9 Å². The number of fused-ring (bicyclic) bond motifs is 2. The van der Waals surface area contributed by atoms with Gasteiger partial charge in [-0.15, -0.1) is 10.2 Å². The van der Waals surface area contributed by atoms with Crippen LogP contribution < -0.4 is 9.47 Å². The summed E-state index contributed by atoms with van der Waals surface area (Å²) in [7, 11) is 1.79. The molecule has 5 rings (SSSR count). The minimum absolute atomic E-state index is 0.214. The van der Waals surface area contributed by atoms with Crippen molar-refractivity contribution in [3.8, 4) is 11.5 Å². The maximum Gasteiger partial charge on any atom is 0.165 e. The quantitative estimate of drug-likeness (QED) is 0.835. The van der Waals surface area contributed by atoms with Gasteiger partial charge in [-0.3, -0.25) is 4.90 Å². The summed E-state index contributed by atoms with van der Waals surface area (Å²) >= 11 is 0. The van der Waals surface area contributed by atoms with Gasteiger partial charge in [0.05, 0.1) is 12.1 Å². The minimum atomic E-state index is 0.214. The maximum atomic E-state index is 5.90. The number of para-hydroxylation sites is 1. The van der Waals surface area contributed by atoms with Crippen molar-refractivity contribution in [2.45, 2.75) is 44.5 Å². The van der Waals surface area contributed by atoms with Gasteiger partial charge in [-0.1, -0.05) is 12.1 Å². The van der Waals surface area contributed by atoms with Crippen LogP contribution in [0.15, 0.2) is 18.2 Å². The molecular formula is C19H24N4O3. The van der Waals surface area contributed by atoms with E-state index in [0.29, 0.717) is 13.2 Å². The van der Waals surface area contributed by atoms with Gasteiger partial charge < -0.3 is 18.8 Å². The molecule has 4 heterocycles. The maximum absolute atomic E-state index is 5.90.